The van der Waals surface area contributed by atoms with Gasteiger partial charge in [-0.1, -0.05) is 29.8 Å². The van der Waals surface area contributed by atoms with Gasteiger partial charge in [0.15, 0.2) is 5.96 Å². The van der Waals surface area contributed by atoms with Crippen LogP contribution in [0, 0.1) is 6.92 Å². The van der Waals surface area contributed by atoms with Gasteiger partial charge in [-0.3, -0.25) is 4.99 Å². The molecule has 1 atom stereocenters. The maximum atomic E-state index is 11.7. The molecule has 0 aromatic heterocycles. The van der Waals surface area contributed by atoms with Crippen LogP contribution < -0.4 is 11.1 Å². The van der Waals surface area contributed by atoms with Gasteiger partial charge in [0.2, 0.25) is 0 Å². The molecule has 0 aliphatic carbocycles. The third kappa shape index (κ3) is 5.94. The Balaban J connectivity index is 1.76. The quantitative estimate of drug-likeness (QED) is 0.554. The molecule has 138 valence electrons. The highest BCUT2D eigenvalue weighted by Crippen LogP contribution is 2.14. The van der Waals surface area contributed by atoms with Crippen molar-refractivity contribution in [3.8, 4) is 0 Å². The number of nitrogens with two attached hydrogens (primary N) is 1. The molecule has 1 aliphatic heterocycles. The summed E-state index contributed by atoms with van der Waals surface area (Å²) in [5, 5.41) is 13.3. The van der Waals surface area contributed by atoms with Crippen molar-refractivity contribution < 1.29 is 14.6 Å². The van der Waals surface area contributed by atoms with E-state index in [1.807, 2.05) is 31.2 Å². The molecule has 2 rings (SSSR count). The Kier molecular flexibility index (Phi) is 7.06. The fourth-order valence-electron chi connectivity index (χ4n) is 2.75. The fourth-order valence-corrected chi connectivity index (χ4v) is 2.75. The molecule has 1 unspecified atom stereocenters. The zero-order chi connectivity index (χ0) is 18.2. The minimum atomic E-state index is -0.674. The monoisotopic (exact) mass is 348 g/mol. The van der Waals surface area contributed by atoms with Gasteiger partial charge in [0.25, 0.3) is 0 Å². The minimum Gasteiger partial charge on any atom is -0.450 e. The number of amides is 1. The van der Waals surface area contributed by atoms with Gasteiger partial charge >= 0.3 is 6.09 Å². The molecule has 7 heteroatoms. The number of hydrogen-bond acceptors (Lipinski definition) is 4. The van der Waals surface area contributed by atoms with Crippen molar-refractivity contribution in [1.82, 2.24) is 10.2 Å². The van der Waals surface area contributed by atoms with Crippen molar-refractivity contribution in [1.29, 1.82) is 0 Å². The van der Waals surface area contributed by atoms with Crippen molar-refractivity contribution in [3.63, 3.8) is 0 Å². The van der Waals surface area contributed by atoms with Gasteiger partial charge in [0.05, 0.1) is 19.3 Å². The summed E-state index contributed by atoms with van der Waals surface area (Å²) in [7, 11) is 0. The van der Waals surface area contributed by atoms with Crippen LogP contribution in [0.25, 0.3) is 0 Å². The average Bonchev–Trinajstić information content (AvgIpc) is 2.61. The predicted molar refractivity (Wildman–Crippen MR) is 97.4 cm³/mol. The number of benzene rings is 1. The molecule has 0 saturated carbocycles. The first-order valence-electron chi connectivity index (χ1n) is 8.72. The number of nitrogens with one attached hydrogen (secondary N) is 1. The van der Waals surface area contributed by atoms with E-state index in [0.29, 0.717) is 25.7 Å². The van der Waals surface area contributed by atoms with Crippen molar-refractivity contribution in [3.05, 3.63) is 35.4 Å². The average molecular weight is 348 g/mol. The number of carbonyl (C=O) groups excluding carboxylic acids is 1. The van der Waals surface area contributed by atoms with Crippen LogP contribution >= 0.6 is 0 Å². The van der Waals surface area contributed by atoms with Crippen molar-refractivity contribution in [2.75, 3.05) is 26.2 Å². The summed E-state index contributed by atoms with van der Waals surface area (Å²) in [5.41, 5.74) is 7.89. The number of aliphatic imine (C=N–C) groups is 1. The fraction of sp³-hybridized carbons (Fsp3) is 0.556. The van der Waals surface area contributed by atoms with E-state index < -0.39 is 6.10 Å². The van der Waals surface area contributed by atoms with Gasteiger partial charge in [-0.25, -0.2) is 4.79 Å². The number of rotatable bonds is 5. The number of guanidine groups is 1. The summed E-state index contributed by atoms with van der Waals surface area (Å²) >= 11 is 0. The van der Waals surface area contributed by atoms with Crippen LogP contribution in [0.3, 0.4) is 0 Å². The number of hydrogen-bond donors (Lipinski definition) is 3. The highest BCUT2D eigenvalue weighted by Gasteiger charge is 2.23. The van der Waals surface area contributed by atoms with E-state index >= 15 is 0 Å². The highest BCUT2D eigenvalue weighted by atomic mass is 16.6. The second kappa shape index (κ2) is 9.27. The van der Waals surface area contributed by atoms with E-state index in [-0.39, 0.29) is 18.7 Å². The highest BCUT2D eigenvalue weighted by molar-refractivity contribution is 5.78. The lowest BCUT2D eigenvalue weighted by atomic mass is 10.1. The first-order valence-corrected chi connectivity index (χ1v) is 8.72. The molecular formula is C18H28N4O3. The Labute approximate surface area is 148 Å². The summed E-state index contributed by atoms with van der Waals surface area (Å²) in [6.45, 7) is 5.67. The summed E-state index contributed by atoms with van der Waals surface area (Å²) < 4.78 is 5.00. The van der Waals surface area contributed by atoms with E-state index in [2.05, 4.69) is 10.3 Å². The number of piperidine rings is 1. The van der Waals surface area contributed by atoms with E-state index in [4.69, 9.17) is 10.5 Å². The molecule has 1 fully saturated rings. The Morgan fingerprint density at radius 2 is 2.04 bits per heavy atom. The van der Waals surface area contributed by atoms with Gasteiger partial charge in [-0.15, -0.1) is 0 Å². The van der Waals surface area contributed by atoms with Crippen LogP contribution in [-0.4, -0.2) is 54.3 Å². The molecule has 1 aliphatic rings. The number of aliphatic hydroxyl groups excluding tert-OH is 1. The second-order valence-corrected chi connectivity index (χ2v) is 6.26. The van der Waals surface area contributed by atoms with E-state index in [1.165, 1.54) is 0 Å². The Morgan fingerprint density at radius 3 is 2.64 bits per heavy atom. The molecule has 1 heterocycles. The van der Waals surface area contributed by atoms with Gasteiger partial charge in [-0.05, 0) is 32.3 Å². The van der Waals surface area contributed by atoms with Gasteiger partial charge in [0.1, 0.15) is 0 Å². The molecular weight excluding hydrogens is 320 g/mol. The molecule has 1 aromatic carbocycles. The third-order valence-corrected chi connectivity index (χ3v) is 4.27. The van der Waals surface area contributed by atoms with Gasteiger partial charge in [0, 0.05) is 19.1 Å². The van der Waals surface area contributed by atoms with Crippen LogP contribution in [0.15, 0.2) is 29.3 Å². The molecule has 1 saturated heterocycles. The number of likely N-dealkylation sites (tertiary alicyclic amines) is 1. The van der Waals surface area contributed by atoms with Crippen LogP contribution in [-0.2, 0) is 4.74 Å². The zero-order valence-electron chi connectivity index (χ0n) is 14.9. The maximum Gasteiger partial charge on any atom is 0.409 e. The van der Waals surface area contributed by atoms with Crippen LogP contribution in [0.1, 0.15) is 37.0 Å². The summed E-state index contributed by atoms with van der Waals surface area (Å²) in [4.78, 5) is 17.6. The first kappa shape index (κ1) is 19.1. The summed E-state index contributed by atoms with van der Waals surface area (Å²) in [6.07, 6.45) is 0.640. The van der Waals surface area contributed by atoms with E-state index in [0.717, 1.165) is 24.0 Å². The molecule has 0 spiro atoms. The Morgan fingerprint density at radius 1 is 1.40 bits per heavy atom. The van der Waals surface area contributed by atoms with Gasteiger partial charge in [-0.2, -0.15) is 0 Å². The van der Waals surface area contributed by atoms with Crippen molar-refractivity contribution in [2.24, 2.45) is 10.7 Å². The standard InChI is InChI=1S/C18H28N4O3/c1-3-25-18(24)22-10-8-15(9-11-22)21-17(19)20-12-16(23)14-6-4-13(2)5-7-14/h4-7,15-16,23H,3,8-12H2,1-2H3,(H3,19,20,21). The lowest BCUT2D eigenvalue weighted by Crippen LogP contribution is -2.48. The minimum absolute atomic E-state index is 0.172. The first-order chi connectivity index (χ1) is 12.0. The number of aliphatic hydroxyl groups is 1. The van der Waals surface area contributed by atoms with Crippen molar-refractivity contribution in [2.45, 2.75) is 38.8 Å². The normalized spacial score (nSPS) is 17.2. The van der Waals surface area contributed by atoms with Crippen LogP contribution in [0.2, 0.25) is 0 Å². The lowest BCUT2D eigenvalue weighted by Gasteiger charge is -2.31. The largest absolute Gasteiger partial charge is 0.450 e. The Bertz CT molecular complexity index is 580. The predicted octanol–water partition coefficient (Wildman–Crippen LogP) is 1.55. The Hall–Kier alpha value is -2.28. The smallest absolute Gasteiger partial charge is 0.409 e. The maximum absolute atomic E-state index is 11.7. The summed E-state index contributed by atoms with van der Waals surface area (Å²) in [5.74, 6) is 0.320. The van der Waals surface area contributed by atoms with Crippen LogP contribution in [0.4, 0.5) is 4.79 Å². The summed E-state index contributed by atoms with van der Waals surface area (Å²) in [6, 6.07) is 7.88. The number of nitrogens with zero attached hydrogens (tertiary/aromatic N) is 2. The molecule has 0 radical (unpaired) electrons. The van der Waals surface area contributed by atoms with E-state index in [1.54, 1.807) is 11.8 Å². The molecule has 0 bridgehead atoms. The third-order valence-electron chi connectivity index (χ3n) is 4.27. The molecule has 1 amide bonds. The number of ether oxygens (including phenoxy) is 1. The molecule has 1 aromatic rings. The van der Waals surface area contributed by atoms with E-state index in [9.17, 15) is 9.90 Å². The number of aryl methyl sites for hydroxylation is 1. The topological polar surface area (TPSA) is 100 Å². The molecule has 25 heavy (non-hydrogen) atoms. The molecule has 7 nitrogen and oxygen atoms in total. The molecule has 4 N–H and O–H groups in total. The number of carbonyl (C=O) groups is 1. The van der Waals surface area contributed by atoms with Gasteiger partial charge < -0.3 is 25.8 Å². The van der Waals surface area contributed by atoms with Crippen LogP contribution in [0.5, 0.6) is 0 Å². The van der Waals surface area contributed by atoms with Crippen molar-refractivity contribution >= 4 is 12.1 Å². The second-order valence-electron chi connectivity index (χ2n) is 6.26. The zero-order valence-corrected chi connectivity index (χ0v) is 14.9. The lowest BCUT2D eigenvalue weighted by molar-refractivity contribution is 0.0963. The SMILES string of the molecule is CCOC(=O)N1CCC(NC(N)=NCC(O)c2ccc(C)cc2)CC1.